The van der Waals surface area contributed by atoms with Gasteiger partial charge in [0.25, 0.3) is 0 Å². The monoisotopic (exact) mass is 273 g/mol. The molecule has 3 rings (SSSR count). The van der Waals surface area contributed by atoms with E-state index in [9.17, 15) is 4.79 Å². The highest BCUT2D eigenvalue weighted by molar-refractivity contribution is 5.70. The van der Waals surface area contributed by atoms with Gasteiger partial charge in [-0.25, -0.2) is 0 Å². The lowest BCUT2D eigenvalue weighted by Crippen LogP contribution is -2.28. The van der Waals surface area contributed by atoms with E-state index in [0.717, 1.165) is 11.6 Å². The third-order valence-electron chi connectivity index (χ3n) is 3.48. The van der Waals surface area contributed by atoms with Gasteiger partial charge in [-0.2, -0.15) is 0 Å². The molecule has 2 aromatic rings. The highest BCUT2D eigenvalue weighted by Crippen LogP contribution is 2.21. The first kappa shape index (κ1) is 12.7. The van der Waals surface area contributed by atoms with Gasteiger partial charge in [-0.15, -0.1) is 10.2 Å². The summed E-state index contributed by atoms with van der Waals surface area (Å²) in [4.78, 5) is 11.1. The van der Waals surface area contributed by atoms with Crippen LogP contribution in [-0.2, 0) is 24.4 Å². The van der Waals surface area contributed by atoms with E-state index in [1.165, 1.54) is 0 Å². The van der Waals surface area contributed by atoms with Crippen molar-refractivity contribution in [1.29, 1.82) is 0 Å². The number of para-hydroxylation sites is 1. The number of hydrogen-bond donors (Lipinski definition) is 1. The molecule has 6 nitrogen and oxygen atoms in total. The molecular weight excluding hydrogens is 258 g/mol. The van der Waals surface area contributed by atoms with E-state index in [1.54, 1.807) is 0 Å². The van der Waals surface area contributed by atoms with Gasteiger partial charge < -0.3 is 14.4 Å². The Morgan fingerprint density at radius 2 is 2.15 bits per heavy atom. The number of aliphatic carboxylic acids is 1. The van der Waals surface area contributed by atoms with Gasteiger partial charge in [0.05, 0.1) is 5.92 Å². The molecule has 0 saturated heterocycles. The molecular formula is C14H15N3O3. The molecule has 0 radical (unpaired) electrons. The minimum atomic E-state index is -0.765. The number of hydrogen-bond acceptors (Lipinski definition) is 4. The van der Waals surface area contributed by atoms with E-state index in [0.29, 0.717) is 31.8 Å². The highest BCUT2D eigenvalue weighted by Gasteiger charge is 2.27. The maximum atomic E-state index is 11.1. The average Bonchev–Trinajstić information content (AvgIpc) is 2.88. The molecule has 1 aliphatic rings. The molecule has 6 heteroatoms. The van der Waals surface area contributed by atoms with Crippen LogP contribution in [0.2, 0.25) is 0 Å². The first-order valence-corrected chi connectivity index (χ1v) is 6.55. The van der Waals surface area contributed by atoms with Gasteiger partial charge in [0.1, 0.15) is 18.2 Å². The van der Waals surface area contributed by atoms with Crippen LogP contribution in [-0.4, -0.2) is 25.8 Å². The first-order valence-electron chi connectivity index (χ1n) is 6.55. The summed E-state index contributed by atoms with van der Waals surface area (Å²) < 4.78 is 7.51. The standard InChI is InChI=1S/C14H15N3O3/c18-14(19)10-6-7-12-15-16-13(17(12)8-10)9-20-11-4-2-1-3-5-11/h1-5,10H,6-9H2,(H,18,19). The molecule has 0 saturated carbocycles. The molecule has 104 valence electrons. The largest absolute Gasteiger partial charge is 0.486 e. The van der Waals surface area contributed by atoms with Crippen LogP contribution in [0.3, 0.4) is 0 Å². The zero-order valence-corrected chi connectivity index (χ0v) is 10.9. The lowest BCUT2D eigenvalue weighted by atomic mass is 10.00. The average molecular weight is 273 g/mol. The smallest absolute Gasteiger partial charge is 0.308 e. The fraction of sp³-hybridized carbons (Fsp3) is 0.357. The Hall–Kier alpha value is -2.37. The molecule has 0 amide bonds. The highest BCUT2D eigenvalue weighted by atomic mass is 16.5. The molecule has 1 N–H and O–H groups in total. The van der Waals surface area contributed by atoms with Crippen LogP contribution in [0.4, 0.5) is 0 Å². The van der Waals surface area contributed by atoms with Crippen molar-refractivity contribution in [3.8, 4) is 5.75 Å². The Labute approximate surface area is 116 Å². The topological polar surface area (TPSA) is 77.2 Å². The van der Waals surface area contributed by atoms with Crippen molar-refractivity contribution in [3.05, 3.63) is 42.0 Å². The number of nitrogens with zero attached hydrogens (tertiary/aromatic N) is 3. The SMILES string of the molecule is O=C(O)C1CCc2nnc(COc3ccccc3)n2C1. The van der Waals surface area contributed by atoms with Crippen LogP contribution in [0.1, 0.15) is 18.1 Å². The third-order valence-corrected chi connectivity index (χ3v) is 3.48. The van der Waals surface area contributed by atoms with E-state index in [2.05, 4.69) is 10.2 Å². The van der Waals surface area contributed by atoms with Crippen molar-refractivity contribution in [3.63, 3.8) is 0 Å². The minimum absolute atomic E-state index is 0.295. The zero-order chi connectivity index (χ0) is 13.9. The number of benzene rings is 1. The molecule has 2 heterocycles. The number of ether oxygens (including phenoxy) is 1. The van der Waals surface area contributed by atoms with Crippen LogP contribution in [0.15, 0.2) is 30.3 Å². The van der Waals surface area contributed by atoms with E-state index in [1.807, 2.05) is 34.9 Å². The number of fused-ring (bicyclic) bond motifs is 1. The number of aromatic nitrogens is 3. The second-order valence-corrected chi connectivity index (χ2v) is 4.82. The van der Waals surface area contributed by atoms with Crippen molar-refractivity contribution >= 4 is 5.97 Å². The van der Waals surface area contributed by atoms with Gasteiger partial charge in [0.2, 0.25) is 0 Å². The summed E-state index contributed by atoms with van der Waals surface area (Å²) in [6.45, 7) is 0.717. The molecule has 0 aliphatic carbocycles. The van der Waals surface area contributed by atoms with Gasteiger partial charge >= 0.3 is 5.97 Å². The third kappa shape index (κ3) is 2.49. The fourth-order valence-electron chi connectivity index (χ4n) is 2.36. The summed E-state index contributed by atoms with van der Waals surface area (Å²) >= 11 is 0. The first-order chi connectivity index (χ1) is 9.74. The van der Waals surface area contributed by atoms with E-state index in [4.69, 9.17) is 9.84 Å². The van der Waals surface area contributed by atoms with Gasteiger partial charge in [-0.3, -0.25) is 4.79 Å². The zero-order valence-electron chi connectivity index (χ0n) is 10.9. The lowest BCUT2D eigenvalue weighted by Gasteiger charge is -2.21. The predicted molar refractivity (Wildman–Crippen MR) is 70.2 cm³/mol. The second-order valence-electron chi connectivity index (χ2n) is 4.82. The fourth-order valence-corrected chi connectivity index (χ4v) is 2.36. The molecule has 0 fully saturated rings. The Morgan fingerprint density at radius 3 is 2.90 bits per heavy atom. The molecule has 1 aromatic heterocycles. The maximum Gasteiger partial charge on any atom is 0.308 e. The Balaban J connectivity index is 1.73. The summed E-state index contributed by atoms with van der Waals surface area (Å²) in [5.74, 6) is 1.15. The number of carboxylic acid groups (broad SMARTS) is 1. The van der Waals surface area contributed by atoms with Crippen LogP contribution in [0.25, 0.3) is 0 Å². The Morgan fingerprint density at radius 1 is 1.35 bits per heavy atom. The van der Waals surface area contributed by atoms with Crippen molar-refractivity contribution < 1.29 is 14.6 Å². The van der Waals surface area contributed by atoms with Crippen molar-refractivity contribution in [2.24, 2.45) is 5.92 Å². The van der Waals surface area contributed by atoms with Gasteiger partial charge in [0, 0.05) is 13.0 Å². The minimum Gasteiger partial charge on any atom is -0.486 e. The van der Waals surface area contributed by atoms with Crippen LogP contribution in [0, 0.1) is 5.92 Å². The van der Waals surface area contributed by atoms with Crippen LogP contribution >= 0.6 is 0 Å². The molecule has 0 spiro atoms. The summed E-state index contributed by atoms with van der Waals surface area (Å²) in [7, 11) is 0. The van der Waals surface area contributed by atoms with E-state index >= 15 is 0 Å². The second kappa shape index (κ2) is 5.32. The quantitative estimate of drug-likeness (QED) is 0.913. The van der Waals surface area contributed by atoms with Gasteiger partial charge in [-0.1, -0.05) is 18.2 Å². The Bertz CT molecular complexity index is 609. The molecule has 0 bridgehead atoms. The van der Waals surface area contributed by atoms with Crippen LogP contribution in [0.5, 0.6) is 5.75 Å². The summed E-state index contributed by atoms with van der Waals surface area (Å²) in [6, 6.07) is 9.45. The van der Waals surface area contributed by atoms with Gasteiger partial charge in [0.15, 0.2) is 5.82 Å². The molecule has 1 atom stereocenters. The van der Waals surface area contributed by atoms with Gasteiger partial charge in [-0.05, 0) is 18.6 Å². The van der Waals surface area contributed by atoms with E-state index in [-0.39, 0.29) is 5.92 Å². The molecule has 1 aliphatic heterocycles. The normalized spacial score (nSPS) is 17.5. The summed E-state index contributed by atoms with van der Waals surface area (Å²) in [6.07, 6.45) is 1.27. The Kier molecular flexibility index (Phi) is 3.37. The summed E-state index contributed by atoms with van der Waals surface area (Å²) in [5.41, 5.74) is 0. The number of aryl methyl sites for hydroxylation is 1. The number of rotatable bonds is 4. The van der Waals surface area contributed by atoms with Crippen LogP contribution < -0.4 is 4.74 Å². The van der Waals surface area contributed by atoms with Crippen molar-refractivity contribution in [2.45, 2.75) is 26.0 Å². The maximum absolute atomic E-state index is 11.1. The summed E-state index contributed by atoms with van der Waals surface area (Å²) in [5, 5.41) is 17.3. The number of carbonyl (C=O) groups is 1. The lowest BCUT2D eigenvalue weighted by molar-refractivity contribution is -0.142. The van der Waals surface area contributed by atoms with Crippen molar-refractivity contribution in [1.82, 2.24) is 14.8 Å². The van der Waals surface area contributed by atoms with Crippen molar-refractivity contribution in [2.75, 3.05) is 0 Å². The molecule has 20 heavy (non-hydrogen) atoms. The molecule has 1 aromatic carbocycles. The number of carboxylic acids is 1. The van der Waals surface area contributed by atoms with E-state index < -0.39 is 5.97 Å². The predicted octanol–water partition coefficient (Wildman–Crippen LogP) is 1.50. The molecule has 1 unspecified atom stereocenters.